The Kier molecular flexibility index (Phi) is 3.40. The van der Waals surface area contributed by atoms with Crippen LogP contribution in [0.5, 0.6) is 0 Å². The summed E-state index contributed by atoms with van der Waals surface area (Å²) in [7, 11) is 0. The predicted octanol–water partition coefficient (Wildman–Crippen LogP) is 2.59. The van der Waals surface area contributed by atoms with Crippen LogP contribution >= 0.6 is 11.8 Å². The number of thioether (sulfide) groups is 1. The molecule has 0 aliphatic rings. The van der Waals surface area contributed by atoms with Gasteiger partial charge in [0.25, 0.3) is 0 Å². The van der Waals surface area contributed by atoms with E-state index in [1.165, 1.54) is 5.56 Å². The van der Waals surface area contributed by atoms with Gasteiger partial charge in [0.15, 0.2) is 0 Å². The van der Waals surface area contributed by atoms with Crippen LogP contribution in [0.3, 0.4) is 0 Å². The molecule has 1 heterocycles. The summed E-state index contributed by atoms with van der Waals surface area (Å²) in [5.41, 5.74) is 1.33. The van der Waals surface area contributed by atoms with Crippen LogP contribution in [0.2, 0.25) is 0 Å². The van der Waals surface area contributed by atoms with E-state index >= 15 is 0 Å². The number of nitrogens with zero attached hydrogens (tertiary/aromatic N) is 3. The van der Waals surface area contributed by atoms with E-state index in [9.17, 15) is 0 Å². The van der Waals surface area contributed by atoms with Crippen molar-refractivity contribution in [2.45, 2.75) is 24.2 Å². The summed E-state index contributed by atoms with van der Waals surface area (Å²) >= 11 is 1.77. The fourth-order valence-electron chi connectivity index (χ4n) is 1.31. The normalized spacial score (nSPS) is 10.5. The molecule has 1 aromatic carbocycles. The van der Waals surface area contributed by atoms with E-state index in [-0.39, 0.29) is 0 Å². The van der Waals surface area contributed by atoms with E-state index in [0.29, 0.717) is 0 Å². The summed E-state index contributed by atoms with van der Waals surface area (Å²) < 4.78 is 1.91. The Morgan fingerprint density at radius 1 is 1.27 bits per heavy atom. The van der Waals surface area contributed by atoms with Crippen molar-refractivity contribution in [3.63, 3.8) is 0 Å². The SMILES string of the molecule is CCn1nncc1SCc1ccccc1. The lowest BCUT2D eigenvalue weighted by molar-refractivity contribution is 0.583. The predicted molar refractivity (Wildman–Crippen MR) is 61.7 cm³/mol. The molecule has 0 aliphatic heterocycles. The lowest BCUT2D eigenvalue weighted by Gasteiger charge is -2.02. The molecule has 0 unspecified atom stereocenters. The third-order valence-electron chi connectivity index (χ3n) is 2.11. The second-order valence-electron chi connectivity index (χ2n) is 3.16. The summed E-state index contributed by atoms with van der Waals surface area (Å²) in [5, 5.41) is 9.02. The fourth-order valence-corrected chi connectivity index (χ4v) is 2.25. The smallest absolute Gasteiger partial charge is 0.115 e. The van der Waals surface area contributed by atoms with Gasteiger partial charge in [0.2, 0.25) is 0 Å². The molecule has 78 valence electrons. The van der Waals surface area contributed by atoms with Crippen LogP contribution in [-0.4, -0.2) is 15.0 Å². The highest BCUT2D eigenvalue weighted by atomic mass is 32.2. The molecule has 2 aromatic rings. The van der Waals surface area contributed by atoms with E-state index in [4.69, 9.17) is 0 Å². The lowest BCUT2D eigenvalue weighted by Crippen LogP contribution is -1.98. The van der Waals surface area contributed by atoms with Crippen molar-refractivity contribution >= 4 is 11.8 Å². The Hall–Kier alpha value is -1.29. The second-order valence-corrected chi connectivity index (χ2v) is 4.16. The maximum absolute atomic E-state index is 3.99. The highest BCUT2D eigenvalue weighted by molar-refractivity contribution is 7.98. The van der Waals surface area contributed by atoms with Gasteiger partial charge in [0.1, 0.15) is 5.03 Å². The number of hydrogen-bond donors (Lipinski definition) is 0. The van der Waals surface area contributed by atoms with Gasteiger partial charge in [-0.1, -0.05) is 35.5 Å². The number of hydrogen-bond acceptors (Lipinski definition) is 3. The Bertz CT molecular complexity index is 411. The standard InChI is InChI=1S/C11H13N3S/c1-2-14-11(8-12-13-14)15-9-10-6-4-3-5-7-10/h3-8H,2,9H2,1H3. The molecule has 0 spiro atoms. The van der Waals surface area contributed by atoms with E-state index in [2.05, 4.69) is 41.5 Å². The first-order chi connectivity index (χ1) is 7.40. The molecule has 1 aromatic heterocycles. The van der Waals surface area contributed by atoms with Gasteiger partial charge < -0.3 is 0 Å². The molecule has 2 rings (SSSR count). The van der Waals surface area contributed by atoms with Gasteiger partial charge >= 0.3 is 0 Å². The molecule has 0 saturated carbocycles. The largest absolute Gasteiger partial charge is 0.239 e. The molecule has 0 aliphatic carbocycles. The maximum atomic E-state index is 3.99. The van der Waals surface area contributed by atoms with Crippen molar-refractivity contribution in [1.82, 2.24) is 15.0 Å². The average molecular weight is 219 g/mol. The van der Waals surface area contributed by atoms with Crippen molar-refractivity contribution in [1.29, 1.82) is 0 Å². The van der Waals surface area contributed by atoms with Gasteiger partial charge in [-0.15, -0.1) is 16.9 Å². The minimum absolute atomic E-state index is 0.872. The Balaban J connectivity index is 1.99. The molecule has 0 amide bonds. The van der Waals surface area contributed by atoms with Crippen molar-refractivity contribution < 1.29 is 0 Å². The van der Waals surface area contributed by atoms with Gasteiger partial charge in [0, 0.05) is 12.3 Å². The van der Waals surface area contributed by atoms with Gasteiger partial charge in [-0.05, 0) is 12.5 Å². The molecule has 0 saturated heterocycles. The van der Waals surface area contributed by atoms with Crippen LogP contribution in [0, 0.1) is 0 Å². The summed E-state index contributed by atoms with van der Waals surface area (Å²) in [6, 6.07) is 10.4. The van der Waals surface area contributed by atoms with Gasteiger partial charge in [0.05, 0.1) is 6.20 Å². The van der Waals surface area contributed by atoms with Crippen LogP contribution < -0.4 is 0 Å². The topological polar surface area (TPSA) is 30.7 Å². The average Bonchev–Trinajstić information content (AvgIpc) is 2.75. The van der Waals surface area contributed by atoms with Crippen LogP contribution in [-0.2, 0) is 12.3 Å². The number of aromatic nitrogens is 3. The van der Waals surface area contributed by atoms with E-state index < -0.39 is 0 Å². The summed E-state index contributed by atoms with van der Waals surface area (Å²) in [6.07, 6.45) is 1.82. The first kappa shape index (κ1) is 10.2. The Morgan fingerprint density at radius 2 is 2.07 bits per heavy atom. The Morgan fingerprint density at radius 3 is 2.80 bits per heavy atom. The summed E-state index contributed by atoms with van der Waals surface area (Å²) in [6.45, 7) is 2.94. The number of rotatable bonds is 4. The van der Waals surface area contributed by atoms with E-state index in [1.54, 1.807) is 11.8 Å². The van der Waals surface area contributed by atoms with Gasteiger partial charge in [-0.25, -0.2) is 4.68 Å². The van der Waals surface area contributed by atoms with Crippen LogP contribution in [0.15, 0.2) is 41.6 Å². The monoisotopic (exact) mass is 219 g/mol. The van der Waals surface area contributed by atoms with E-state index in [1.807, 2.05) is 16.9 Å². The molecule has 0 radical (unpaired) electrons. The fraction of sp³-hybridized carbons (Fsp3) is 0.273. The third-order valence-corrected chi connectivity index (χ3v) is 3.20. The van der Waals surface area contributed by atoms with Crippen molar-refractivity contribution in [3.8, 4) is 0 Å². The molecule has 0 atom stereocenters. The highest BCUT2D eigenvalue weighted by Crippen LogP contribution is 2.21. The first-order valence-electron chi connectivity index (χ1n) is 4.95. The molecule has 0 N–H and O–H groups in total. The third kappa shape index (κ3) is 2.59. The van der Waals surface area contributed by atoms with Crippen molar-refractivity contribution in [2.24, 2.45) is 0 Å². The zero-order valence-corrected chi connectivity index (χ0v) is 9.44. The minimum Gasteiger partial charge on any atom is -0.239 e. The molecule has 0 bridgehead atoms. The molecular weight excluding hydrogens is 206 g/mol. The summed E-state index contributed by atoms with van der Waals surface area (Å²) in [5.74, 6) is 0.966. The lowest BCUT2D eigenvalue weighted by atomic mass is 10.2. The molecular formula is C11H13N3S. The zero-order chi connectivity index (χ0) is 10.5. The van der Waals surface area contributed by atoms with Crippen molar-refractivity contribution in [3.05, 3.63) is 42.1 Å². The van der Waals surface area contributed by atoms with E-state index in [0.717, 1.165) is 17.3 Å². The van der Waals surface area contributed by atoms with Crippen molar-refractivity contribution in [2.75, 3.05) is 0 Å². The number of benzene rings is 1. The minimum atomic E-state index is 0.872. The zero-order valence-electron chi connectivity index (χ0n) is 8.63. The van der Waals surface area contributed by atoms with Gasteiger partial charge in [-0.2, -0.15) is 0 Å². The quantitative estimate of drug-likeness (QED) is 0.740. The van der Waals surface area contributed by atoms with Crippen LogP contribution in [0.25, 0.3) is 0 Å². The summed E-state index contributed by atoms with van der Waals surface area (Å²) in [4.78, 5) is 0. The molecule has 0 fully saturated rings. The Labute approximate surface area is 93.5 Å². The van der Waals surface area contributed by atoms with Gasteiger partial charge in [-0.3, -0.25) is 0 Å². The second kappa shape index (κ2) is 4.98. The molecule has 15 heavy (non-hydrogen) atoms. The first-order valence-corrected chi connectivity index (χ1v) is 5.94. The molecule has 4 heteroatoms. The van der Waals surface area contributed by atoms with Crippen LogP contribution in [0.4, 0.5) is 0 Å². The van der Waals surface area contributed by atoms with Crippen LogP contribution in [0.1, 0.15) is 12.5 Å². The maximum Gasteiger partial charge on any atom is 0.115 e. The molecule has 3 nitrogen and oxygen atoms in total. The number of aryl methyl sites for hydroxylation is 1. The highest BCUT2D eigenvalue weighted by Gasteiger charge is 2.02.